The Labute approximate surface area is 750 Å². The van der Waals surface area contributed by atoms with E-state index < -0.39 is 46.2 Å². The summed E-state index contributed by atoms with van der Waals surface area (Å²) in [5.74, 6) is 0. The zero-order valence-corrected chi connectivity index (χ0v) is 75.6. The van der Waals surface area contributed by atoms with Crippen molar-refractivity contribution in [1.82, 2.24) is 56.8 Å². The first-order valence-corrected chi connectivity index (χ1v) is 36.3. The molecular formula is C62H48BCl5Cs2IN12O13PdS4-. The molecule has 8 heterocycles. The monoisotopic (exact) mass is 1980 g/mol. The molecule has 14 aromatic rings. The molecule has 25 nitrogen and oxygen atoms in total. The molecule has 39 heteroatoms. The van der Waals surface area contributed by atoms with Crippen LogP contribution in [0.3, 0.4) is 0 Å². The summed E-state index contributed by atoms with van der Waals surface area (Å²) in [4.78, 5) is 46.5. The van der Waals surface area contributed by atoms with Crippen LogP contribution in [0.1, 0.15) is 1.43 Å². The molecule has 0 aliphatic carbocycles. The van der Waals surface area contributed by atoms with Crippen LogP contribution in [0.25, 0.3) is 55.4 Å². The number of H-pyrrole nitrogens is 1. The van der Waals surface area contributed by atoms with E-state index in [1.807, 2.05) is 65.1 Å². The van der Waals surface area contributed by atoms with Gasteiger partial charge in [-0.15, -0.1) is 0 Å². The van der Waals surface area contributed by atoms with E-state index >= 15 is 0 Å². The van der Waals surface area contributed by atoms with Gasteiger partial charge < -0.3 is 34.0 Å². The molecule has 8 aromatic heterocycles. The smallest absolute Gasteiger partial charge is 1.00 e. The number of halogens is 6. The molecule has 101 heavy (non-hydrogen) atoms. The number of benzene rings is 6. The molecule has 0 atom stereocenters. The van der Waals surface area contributed by atoms with E-state index in [-0.39, 0.29) is 226 Å². The van der Waals surface area contributed by atoms with Crippen molar-refractivity contribution in [3.8, 4) is 11.3 Å². The predicted molar refractivity (Wildman–Crippen MR) is 382 cm³/mol. The van der Waals surface area contributed by atoms with Crippen molar-refractivity contribution in [3.63, 3.8) is 0 Å². The van der Waals surface area contributed by atoms with Gasteiger partial charge in [-0.05, 0) is 106 Å². The summed E-state index contributed by atoms with van der Waals surface area (Å²) in [5, 5.41) is 29.1. The Morgan fingerprint density at radius 2 is 0.851 bits per heavy atom. The van der Waals surface area contributed by atoms with E-state index in [1.54, 1.807) is 146 Å². The van der Waals surface area contributed by atoms with Gasteiger partial charge in [0, 0.05) is 43.5 Å². The second-order valence-electron chi connectivity index (χ2n) is 18.8. The molecule has 0 saturated heterocycles. The van der Waals surface area contributed by atoms with Gasteiger partial charge in [0.05, 0.1) is 50.5 Å². The zero-order valence-electron chi connectivity index (χ0n) is 53.3. The number of aromatic amines is 1. The Kier molecular flexibility index (Phi) is 37.5. The van der Waals surface area contributed by atoms with E-state index in [1.165, 1.54) is 63.7 Å². The minimum absolute atomic E-state index is 0. The molecular weight excluding hydrogens is 1940 g/mol. The Balaban J connectivity index is 0.000000323. The summed E-state index contributed by atoms with van der Waals surface area (Å²) in [6.45, 7) is -0.181. The fourth-order valence-corrected chi connectivity index (χ4v) is 15.5. The van der Waals surface area contributed by atoms with Gasteiger partial charge in [0.25, 0.3) is 45.6 Å². The maximum absolute atomic E-state index is 13.3. The van der Waals surface area contributed by atoms with Crippen LogP contribution in [0.4, 0.5) is 0 Å². The third kappa shape index (κ3) is 23.5. The van der Waals surface area contributed by atoms with Crippen LogP contribution in [0.2, 0.25) is 20.6 Å². The Bertz CT molecular complexity index is 5480. The minimum Gasteiger partial charge on any atom is -1.00 e. The molecule has 6 aromatic carbocycles. The van der Waals surface area contributed by atoms with Crippen LogP contribution in [-0.4, -0.2) is 114 Å². The molecule has 516 valence electrons. The summed E-state index contributed by atoms with van der Waals surface area (Å²) >= 11 is 25.7. The van der Waals surface area contributed by atoms with Crippen LogP contribution >= 0.6 is 79.7 Å². The van der Waals surface area contributed by atoms with E-state index in [2.05, 4.69) is 49.7 Å². The van der Waals surface area contributed by atoms with Gasteiger partial charge in [0.1, 0.15) is 51.6 Å². The van der Waals surface area contributed by atoms with E-state index in [0.29, 0.717) is 36.2 Å². The van der Waals surface area contributed by atoms with Gasteiger partial charge in [-0.25, -0.2) is 85.5 Å². The number of aromatic nitrogens is 12. The molecule has 0 fully saturated rings. The van der Waals surface area contributed by atoms with Gasteiger partial charge in [0.2, 0.25) is 0 Å². The number of carbonyl (C=O) groups excluding carboxylic acids is 1. The van der Waals surface area contributed by atoms with E-state index in [4.69, 9.17) is 77.2 Å². The topological polar surface area (TPSA) is 360 Å². The number of rotatable bonds is 10. The molecule has 0 spiro atoms. The largest absolute Gasteiger partial charge is 1.00 e. The standard InChI is InChI=1S/C18H12ClN3O2S.C12H7ClIN3O2S.C12H8ClN3O2S.C6H7BO2.C6H4ClN3.C6H5ClO2S.CH2O3.CH3.2Cs.Pd.H/c19-17-15-11-16(13-7-3-1-4-8-13)22(18(15)21-12-20-17)25(23,24)14-9-5-2-6-10-14;13-11-9-6-10(14)17(12(9)16-7-15-11)20(18,19)8-4-2-1-3-5-8;13-11-10-6-7-16(12(10)15-8-14-11)19(17,18)9-4-2-1-3-5-9;8-7(9)6-4-2-1-3-5-6;7-5-4-1-2-8-6(4)10-3-9-5;7-10(8,9)6-4-2-1-3-5-6;2-1-4-3;;;;;/h1-12H;1-7H;1-8H;1-5,8-9H;1-3H,(H,8,9,10);1-5H;1,3H;1H3;;;;/q;;;;;;;-1;2*+1;;-1/p-1. The Morgan fingerprint density at radius 1 is 0.485 bits per heavy atom. The summed E-state index contributed by atoms with van der Waals surface area (Å²) in [6.07, 6.45) is 8.38. The quantitative estimate of drug-likeness (QED) is 0.0241. The normalized spacial score (nSPS) is 10.7. The van der Waals surface area contributed by atoms with Gasteiger partial charge in [-0.3, -0.25) is 4.79 Å². The van der Waals surface area contributed by atoms with Crippen LogP contribution in [0, 0.1) is 11.1 Å². The summed E-state index contributed by atoms with van der Waals surface area (Å²) in [6, 6.07) is 57.1. The third-order valence-corrected chi connectivity index (χ3v) is 21.6. The van der Waals surface area contributed by atoms with Crippen molar-refractivity contribution in [2.24, 2.45) is 0 Å². The first-order chi connectivity index (χ1) is 46.4. The number of carbonyl (C=O) groups is 1. The van der Waals surface area contributed by atoms with Crippen LogP contribution in [0.5, 0.6) is 0 Å². The van der Waals surface area contributed by atoms with Gasteiger partial charge >= 0.3 is 145 Å². The first kappa shape index (κ1) is 89.4. The molecule has 0 radical (unpaired) electrons. The average Bonchev–Trinajstić information content (AvgIpc) is 1.61. The van der Waals surface area contributed by atoms with Crippen molar-refractivity contribution in [3.05, 3.63) is 276 Å². The molecule has 0 aliphatic heterocycles. The van der Waals surface area contributed by atoms with Gasteiger partial charge in [0.15, 0.2) is 16.9 Å². The molecule has 0 unspecified atom stereocenters. The average molecular weight is 1980 g/mol. The number of nitrogens with zero attached hydrogens (tertiary/aromatic N) is 11. The maximum Gasteiger partial charge on any atom is 1.00 e. The molecule has 0 saturated carbocycles. The maximum atomic E-state index is 13.3. The van der Waals surface area contributed by atoms with Crippen molar-refractivity contribution in [2.45, 2.75) is 19.6 Å². The molecule has 14 rings (SSSR count). The summed E-state index contributed by atoms with van der Waals surface area (Å²) < 4.78 is 102. The van der Waals surface area contributed by atoms with Crippen molar-refractivity contribution in [1.29, 1.82) is 0 Å². The summed E-state index contributed by atoms with van der Waals surface area (Å²) in [5.41, 5.74) is 3.33. The second-order valence-corrected chi connectivity index (χ2v) is 29.3. The fraction of sp³-hybridized carbons (Fsp3) is 0. The number of hydrogen-bond donors (Lipinski definition) is 3. The van der Waals surface area contributed by atoms with Crippen molar-refractivity contribution in [2.75, 3.05) is 0 Å². The van der Waals surface area contributed by atoms with Crippen LogP contribution in [0.15, 0.2) is 264 Å². The van der Waals surface area contributed by atoms with Crippen molar-refractivity contribution >= 4 is 182 Å². The van der Waals surface area contributed by atoms with Gasteiger partial charge in [-0.2, -0.15) is 0 Å². The third-order valence-electron chi connectivity index (χ3n) is 12.8. The zero-order chi connectivity index (χ0) is 69.9. The summed E-state index contributed by atoms with van der Waals surface area (Å²) in [7, 11) is -11.1. The minimum atomic E-state index is -3.85. The Hall–Kier alpha value is -4.04. The number of hydrogen-bond acceptors (Lipinski definition) is 21. The fourth-order valence-electron chi connectivity index (χ4n) is 8.41. The molecule has 0 aliphatic rings. The van der Waals surface area contributed by atoms with Crippen LogP contribution in [-0.2, 0) is 69.2 Å². The Morgan fingerprint density at radius 3 is 1.27 bits per heavy atom. The van der Waals surface area contributed by atoms with E-state index in [0.717, 1.165) is 20.6 Å². The van der Waals surface area contributed by atoms with Gasteiger partial charge in [-0.1, -0.05) is 180 Å². The predicted octanol–water partition coefficient (Wildman–Crippen LogP) is 4.83. The number of fused-ring (bicyclic) bond motifs is 4. The molecule has 0 amide bonds. The molecule has 3 N–H and O–H groups in total. The SMILES string of the molecule is Clc1ncnc2[nH]ccc12.O=CO[O-].O=S(=O)(Cl)c1ccccc1.O=S(=O)(c1ccccc1)n1c(-c2ccccc2)cc2c(Cl)ncnc21.O=S(=O)(c1ccccc1)n1c(I)cc2c(Cl)ncnc21.O=S(=O)(c1ccccc1)n1ccc2c(Cl)ncnc21.OB(O)c1ccccc1.[CH3-].[Cs+].[Cs+].[H-].[Pd]. The molecule has 0 bridgehead atoms. The number of nitrogens with one attached hydrogen (secondary N) is 1. The van der Waals surface area contributed by atoms with Crippen molar-refractivity contribution < 1.29 is 218 Å². The first-order valence-electron chi connectivity index (χ1n) is 27.1. The second kappa shape index (κ2) is 42.3. The van der Waals surface area contributed by atoms with E-state index in [9.17, 15) is 33.7 Å². The van der Waals surface area contributed by atoms with Crippen LogP contribution < -0.4 is 149 Å².